The summed E-state index contributed by atoms with van der Waals surface area (Å²) >= 11 is 0. The van der Waals surface area contributed by atoms with Crippen LogP contribution >= 0.6 is 0 Å². The molecule has 5 unspecified atom stereocenters. The molecule has 0 aromatic carbocycles. The van der Waals surface area contributed by atoms with Gasteiger partial charge >= 0.3 is 5.97 Å². The van der Waals surface area contributed by atoms with Gasteiger partial charge in [0.2, 0.25) is 0 Å². The second-order valence-electron chi connectivity index (χ2n) is 10.2. The van der Waals surface area contributed by atoms with Crippen LogP contribution in [0.1, 0.15) is 90.9 Å². The van der Waals surface area contributed by atoms with Crippen LogP contribution in [-0.2, 0) is 4.79 Å². The van der Waals surface area contributed by atoms with Gasteiger partial charge in [-0.05, 0) is 98.2 Å². The van der Waals surface area contributed by atoms with Crippen molar-refractivity contribution in [3.8, 4) is 0 Å². The van der Waals surface area contributed by atoms with Crippen LogP contribution in [0.4, 0.5) is 0 Å². The molecule has 0 amide bonds. The van der Waals surface area contributed by atoms with Crippen LogP contribution in [0.5, 0.6) is 0 Å². The zero-order valence-electron chi connectivity index (χ0n) is 15.7. The van der Waals surface area contributed by atoms with E-state index >= 15 is 0 Å². The van der Waals surface area contributed by atoms with Gasteiger partial charge in [0.05, 0.1) is 0 Å². The Balaban J connectivity index is 1.54. The zero-order valence-corrected chi connectivity index (χ0v) is 15.7. The van der Waals surface area contributed by atoms with Gasteiger partial charge in [0.25, 0.3) is 0 Å². The molecule has 0 aromatic rings. The van der Waals surface area contributed by atoms with Crippen molar-refractivity contribution < 1.29 is 9.90 Å². The number of hydrogen-bond donors (Lipinski definition) is 1. The van der Waals surface area contributed by atoms with E-state index in [2.05, 4.69) is 13.8 Å². The molecule has 7 atom stereocenters. The number of carboxylic acid groups (broad SMARTS) is 1. The van der Waals surface area contributed by atoms with Crippen molar-refractivity contribution in [2.75, 3.05) is 0 Å². The highest BCUT2D eigenvalue weighted by molar-refractivity contribution is 5.66. The Bertz CT molecular complexity index is 500. The first-order valence-corrected chi connectivity index (χ1v) is 10.7. The number of fused-ring (bicyclic) bond motifs is 5. The van der Waals surface area contributed by atoms with Crippen molar-refractivity contribution >= 4 is 5.97 Å². The summed E-state index contributed by atoms with van der Waals surface area (Å²) in [6.07, 6.45) is 15.6. The molecule has 4 saturated carbocycles. The molecule has 1 N–H and O–H groups in total. The highest BCUT2D eigenvalue weighted by atomic mass is 16.4. The standard InChI is InChI=1S/C22H36O2/c1-21-13-4-3-5-15(21)6-9-17-18-10-7-16(8-11-20(23)24)22(18,2)14-12-19(17)21/h15-19H,3-14H2,1-2H3,(H,23,24)/t15?,16?,17?,18?,19?,21-,22+/m0/s1. The minimum atomic E-state index is -0.606. The van der Waals surface area contributed by atoms with E-state index in [0.717, 1.165) is 30.1 Å². The van der Waals surface area contributed by atoms with Gasteiger partial charge in [0, 0.05) is 6.42 Å². The fourth-order valence-electron chi connectivity index (χ4n) is 8.18. The van der Waals surface area contributed by atoms with Gasteiger partial charge < -0.3 is 5.11 Å². The average molecular weight is 333 g/mol. The first-order chi connectivity index (χ1) is 11.4. The molecule has 24 heavy (non-hydrogen) atoms. The molecule has 0 heterocycles. The normalized spacial score (nSPS) is 50.7. The summed E-state index contributed by atoms with van der Waals surface area (Å²) in [6.45, 7) is 5.18. The predicted octanol–water partition coefficient (Wildman–Crippen LogP) is 5.90. The Kier molecular flexibility index (Phi) is 4.24. The molecule has 2 nitrogen and oxygen atoms in total. The monoisotopic (exact) mass is 332 g/mol. The summed E-state index contributed by atoms with van der Waals surface area (Å²) in [5.74, 6) is 3.85. The van der Waals surface area contributed by atoms with Gasteiger partial charge in [-0.3, -0.25) is 4.79 Å². The molecule has 0 aliphatic heterocycles. The van der Waals surface area contributed by atoms with Crippen LogP contribution in [0.3, 0.4) is 0 Å². The van der Waals surface area contributed by atoms with E-state index in [4.69, 9.17) is 5.11 Å². The maximum absolute atomic E-state index is 11.0. The largest absolute Gasteiger partial charge is 0.481 e. The van der Waals surface area contributed by atoms with Gasteiger partial charge in [-0.25, -0.2) is 0 Å². The lowest BCUT2D eigenvalue weighted by atomic mass is 9.45. The van der Waals surface area contributed by atoms with Crippen molar-refractivity contribution in [1.29, 1.82) is 0 Å². The Hall–Kier alpha value is -0.530. The fourth-order valence-corrected chi connectivity index (χ4v) is 8.18. The smallest absolute Gasteiger partial charge is 0.303 e. The third kappa shape index (κ3) is 2.46. The van der Waals surface area contributed by atoms with E-state index < -0.39 is 5.97 Å². The molecule has 0 aromatic heterocycles. The first kappa shape index (κ1) is 16.9. The minimum Gasteiger partial charge on any atom is -0.481 e. The van der Waals surface area contributed by atoms with Crippen molar-refractivity contribution in [2.45, 2.75) is 90.9 Å². The number of carbonyl (C=O) groups is 1. The molecule has 4 aliphatic carbocycles. The number of hydrogen-bond acceptors (Lipinski definition) is 1. The second-order valence-corrected chi connectivity index (χ2v) is 10.2. The topological polar surface area (TPSA) is 37.3 Å². The maximum atomic E-state index is 11.0. The zero-order chi connectivity index (χ0) is 16.9. The quantitative estimate of drug-likeness (QED) is 0.698. The summed E-state index contributed by atoms with van der Waals surface area (Å²) in [4.78, 5) is 11.0. The Morgan fingerprint density at radius 1 is 0.917 bits per heavy atom. The SMILES string of the molecule is C[C@]12CCCCC1CCC1C2CC[C@]2(C)C(CCC(=O)O)CCC12. The molecule has 0 bridgehead atoms. The molecule has 4 fully saturated rings. The first-order valence-electron chi connectivity index (χ1n) is 10.7. The van der Waals surface area contributed by atoms with E-state index in [1.165, 1.54) is 64.2 Å². The maximum Gasteiger partial charge on any atom is 0.303 e. The van der Waals surface area contributed by atoms with Gasteiger partial charge in [-0.1, -0.05) is 26.7 Å². The van der Waals surface area contributed by atoms with Gasteiger partial charge in [0.1, 0.15) is 0 Å². The molecule has 4 rings (SSSR count). The van der Waals surface area contributed by atoms with Gasteiger partial charge in [-0.2, -0.15) is 0 Å². The molecule has 2 heteroatoms. The molecule has 4 aliphatic rings. The molecule has 0 radical (unpaired) electrons. The highest BCUT2D eigenvalue weighted by Crippen LogP contribution is 2.67. The third-order valence-electron chi connectivity index (χ3n) is 9.49. The van der Waals surface area contributed by atoms with Crippen LogP contribution in [0.2, 0.25) is 0 Å². The van der Waals surface area contributed by atoms with Crippen LogP contribution in [0.15, 0.2) is 0 Å². The van der Waals surface area contributed by atoms with Crippen molar-refractivity contribution in [3.05, 3.63) is 0 Å². The van der Waals surface area contributed by atoms with E-state index in [1.807, 2.05) is 0 Å². The van der Waals surface area contributed by atoms with Crippen molar-refractivity contribution in [2.24, 2.45) is 40.4 Å². The lowest BCUT2D eigenvalue weighted by Crippen LogP contribution is -2.52. The summed E-state index contributed by atoms with van der Waals surface area (Å²) in [6, 6.07) is 0. The Morgan fingerprint density at radius 2 is 1.71 bits per heavy atom. The van der Waals surface area contributed by atoms with Crippen molar-refractivity contribution in [3.63, 3.8) is 0 Å². The summed E-state index contributed by atoms with van der Waals surface area (Å²) in [5.41, 5.74) is 1.07. The van der Waals surface area contributed by atoms with Crippen molar-refractivity contribution in [1.82, 2.24) is 0 Å². The predicted molar refractivity (Wildman–Crippen MR) is 96.7 cm³/mol. The molecular formula is C22H36O2. The lowest BCUT2D eigenvalue weighted by Gasteiger charge is -2.60. The number of carboxylic acids is 1. The number of aliphatic carboxylic acids is 1. The minimum absolute atomic E-state index is 0.376. The molecule has 0 saturated heterocycles. The lowest BCUT2D eigenvalue weighted by molar-refractivity contribution is -0.138. The molecular weight excluding hydrogens is 296 g/mol. The third-order valence-corrected chi connectivity index (χ3v) is 9.49. The number of rotatable bonds is 3. The van der Waals surface area contributed by atoms with Crippen LogP contribution in [0.25, 0.3) is 0 Å². The van der Waals surface area contributed by atoms with E-state index in [9.17, 15) is 4.79 Å². The summed E-state index contributed by atoms with van der Waals surface area (Å²) < 4.78 is 0. The van der Waals surface area contributed by atoms with E-state index in [1.54, 1.807) is 0 Å². The molecule has 136 valence electrons. The van der Waals surface area contributed by atoms with E-state index in [-0.39, 0.29) is 0 Å². The fraction of sp³-hybridized carbons (Fsp3) is 0.955. The Labute approximate surface area is 147 Å². The molecule has 0 spiro atoms. The second kappa shape index (κ2) is 6.02. The van der Waals surface area contributed by atoms with Crippen LogP contribution < -0.4 is 0 Å². The average Bonchev–Trinajstić information content (AvgIpc) is 2.89. The Morgan fingerprint density at radius 3 is 2.50 bits per heavy atom. The van der Waals surface area contributed by atoms with Crippen LogP contribution in [0, 0.1) is 40.4 Å². The van der Waals surface area contributed by atoms with Gasteiger partial charge in [0.15, 0.2) is 0 Å². The van der Waals surface area contributed by atoms with E-state index in [0.29, 0.717) is 23.2 Å². The highest BCUT2D eigenvalue weighted by Gasteiger charge is 2.59. The van der Waals surface area contributed by atoms with Crippen LogP contribution in [-0.4, -0.2) is 11.1 Å². The summed E-state index contributed by atoms with van der Waals surface area (Å²) in [7, 11) is 0. The summed E-state index contributed by atoms with van der Waals surface area (Å²) in [5, 5.41) is 9.10. The van der Waals surface area contributed by atoms with Gasteiger partial charge in [-0.15, -0.1) is 0 Å².